The van der Waals surface area contributed by atoms with Crippen LogP contribution in [-0.4, -0.2) is 29.0 Å². The summed E-state index contributed by atoms with van der Waals surface area (Å²) in [6.07, 6.45) is -2.76. The fourth-order valence-electron chi connectivity index (χ4n) is 1.76. The van der Waals surface area contributed by atoms with Crippen LogP contribution in [0.5, 0.6) is 5.75 Å². The van der Waals surface area contributed by atoms with E-state index in [1.54, 1.807) is 12.3 Å². The summed E-state index contributed by atoms with van der Waals surface area (Å²) in [5.74, 6) is -0.0310. The number of ether oxygens (including phenoxy) is 1. The van der Waals surface area contributed by atoms with Gasteiger partial charge in [-0.05, 0) is 18.4 Å². The summed E-state index contributed by atoms with van der Waals surface area (Å²) in [6.45, 7) is -1.43. The molecule has 0 unspecified atom stereocenters. The van der Waals surface area contributed by atoms with E-state index in [4.69, 9.17) is 5.26 Å². The van der Waals surface area contributed by atoms with Crippen molar-refractivity contribution in [2.24, 2.45) is 0 Å². The van der Waals surface area contributed by atoms with Crippen molar-refractivity contribution >= 4 is 11.8 Å². The third-order valence-electron chi connectivity index (χ3n) is 2.71. The highest BCUT2D eigenvalue weighted by atomic mass is 32.2. The average Bonchev–Trinajstić information content (AvgIpc) is 2.51. The van der Waals surface area contributed by atoms with Gasteiger partial charge in [0.25, 0.3) is 5.56 Å². The van der Waals surface area contributed by atoms with Crippen LogP contribution in [0.25, 0.3) is 11.3 Å². The Kier molecular flexibility index (Phi) is 4.95. The van der Waals surface area contributed by atoms with E-state index in [1.165, 1.54) is 36.0 Å². The molecular weight excluding hydrogens is 331 g/mol. The Hall–Kier alpha value is -2.47. The molecule has 0 radical (unpaired) electrons. The molecule has 0 aliphatic carbocycles. The Morgan fingerprint density at radius 1 is 1.43 bits per heavy atom. The molecule has 0 saturated heterocycles. The number of aromatic nitrogens is 2. The third kappa shape index (κ3) is 4.26. The highest BCUT2D eigenvalue weighted by Gasteiger charge is 2.28. The Morgan fingerprint density at radius 3 is 2.78 bits per heavy atom. The molecule has 1 aromatic carbocycles. The van der Waals surface area contributed by atoms with Gasteiger partial charge in [-0.2, -0.15) is 18.4 Å². The summed E-state index contributed by atoms with van der Waals surface area (Å²) >= 11 is 1.17. The normalized spacial score (nSPS) is 11.1. The maximum Gasteiger partial charge on any atom is 0.422 e. The molecule has 1 N–H and O–H groups in total. The van der Waals surface area contributed by atoms with Gasteiger partial charge in [0.05, 0.1) is 5.69 Å². The van der Waals surface area contributed by atoms with Crippen LogP contribution in [0.15, 0.2) is 34.2 Å². The Labute approximate surface area is 133 Å². The van der Waals surface area contributed by atoms with Gasteiger partial charge in [0.1, 0.15) is 17.4 Å². The number of nitrogens with one attached hydrogen (secondary N) is 1. The van der Waals surface area contributed by atoms with Crippen LogP contribution in [0.4, 0.5) is 13.2 Å². The van der Waals surface area contributed by atoms with Crippen LogP contribution in [0.3, 0.4) is 0 Å². The van der Waals surface area contributed by atoms with E-state index in [-0.39, 0.29) is 17.0 Å². The standard InChI is InChI=1S/C14H10F3N3O2S/c1-23-13-19-11(10(6-18)12(21)20-13)8-3-2-4-9(5-8)22-7-14(15,16)17/h2-5H,7H2,1H3,(H,19,20,21). The fraction of sp³-hybridized carbons (Fsp3) is 0.214. The summed E-state index contributed by atoms with van der Waals surface area (Å²) in [4.78, 5) is 18.4. The van der Waals surface area contributed by atoms with Crippen LogP contribution in [0.2, 0.25) is 0 Å². The first-order valence-corrected chi connectivity index (χ1v) is 7.45. The first kappa shape index (κ1) is 16.9. The van der Waals surface area contributed by atoms with Crippen molar-refractivity contribution in [3.05, 3.63) is 40.2 Å². The lowest BCUT2D eigenvalue weighted by Crippen LogP contribution is -2.19. The number of thioether (sulfide) groups is 1. The summed E-state index contributed by atoms with van der Waals surface area (Å²) in [5, 5.41) is 9.40. The molecule has 5 nitrogen and oxygen atoms in total. The van der Waals surface area contributed by atoms with Crippen LogP contribution in [-0.2, 0) is 0 Å². The second kappa shape index (κ2) is 6.75. The average molecular weight is 341 g/mol. The zero-order valence-corrected chi connectivity index (χ0v) is 12.6. The van der Waals surface area contributed by atoms with Gasteiger partial charge >= 0.3 is 6.18 Å². The van der Waals surface area contributed by atoms with E-state index in [2.05, 4.69) is 14.7 Å². The number of nitrogens with zero attached hydrogens (tertiary/aromatic N) is 2. The summed E-state index contributed by atoms with van der Waals surface area (Å²) in [5.41, 5.74) is -0.403. The number of H-pyrrole nitrogens is 1. The summed E-state index contributed by atoms with van der Waals surface area (Å²) < 4.78 is 41.3. The molecule has 9 heteroatoms. The maximum atomic E-state index is 12.2. The number of hydrogen-bond donors (Lipinski definition) is 1. The zero-order valence-electron chi connectivity index (χ0n) is 11.8. The maximum absolute atomic E-state index is 12.2. The molecule has 0 aliphatic rings. The van der Waals surface area contributed by atoms with Crippen molar-refractivity contribution in [3.8, 4) is 23.1 Å². The first-order chi connectivity index (χ1) is 10.8. The molecule has 0 amide bonds. The number of benzene rings is 1. The van der Waals surface area contributed by atoms with Crippen molar-refractivity contribution in [1.29, 1.82) is 5.26 Å². The second-order valence-electron chi connectivity index (χ2n) is 4.34. The van der Waals surface area contributed by atoms with Gasteiger partial charge in [0.15, 0.2) is 11.8 Å². The van der Waals surface area contributed by atoms with E-state index >= 15 is 0 Å². The number of nitriles is 1. The Morgan fingerprint density at radius 2 is 2.17 bits per heavy atom. The van der Waals surface area contributed by atoms with Crippen LogP contribution in [0.1, 0.15) is 5.56 Å². The van der Waals surface area contributed by atoms with Crippen molar-refractivity contribution in [2.45, 2.75) is 11.3 Å². The molecule has 0 spiro atoms. The molecule has 0 saturated carbocycles. The zero-order chi connectivity index (χ0) is 17.0. The van der Waals surface area contributed by atoms with E-state index in [0.29, 0.717) is 10.7 Å². The van der Waals surface area contributed by atoms with E-state index in [1.807, 2.05) is 0 Å². The third-order valence-corrected chi connectivity index (χ3v) is 3.29. The summed E-state index contributed by atoms with van der Waals surface area (Å²) in [6, 6.07) is 7.41. The highest BCUT2D eigenvalue weighted by molar-refractivity contribution is 7.98. The second-order valence-corrected chi connectivity index (χ2v) is 5.14. The SMILES string of the molecule is CSc1nc(-c2cccc(OCC(F)(F)F)c2)c(C#N)c(=O)[nH]1. The van der Waals surface area contributed by atoms with Crippen molar-refractivity contribution in [3.63, 3.8) is 0 Å². The molecule has 2 aromatic rings. The van der Waals surface area contributed by atoms with E-state index in [9.17, 15) is 18.0 Å². The molecular formula is C14H10F3N3O2S. The lowest BCUT2D eigenvalue weighted by molar-refractivity contribution is -0.153. The molecule has 1 aromatic heterocycles. The lowest BCUT2D eigenvalue weighted by atomic mass is 10.1. The van der Waals surface area contributed by atoms with Gasteiger partial charge in [0.2, 0.25) is 0 Å². The lowest BCUT2D eigenvalue weighted by Gasteiger charge is -2.10. The topological polar surface area (TPSA) is 78.8 Å². The summed E-state index contributed by atoms with van der Waals surface area (Å²) in [7, 11) is 0. The van der Waals surface area contributed by atoms with Gasteiger partial charge in [-0.1, -0.05) is 23.9 Å². The Balaban J connectivity index is 2.45. The fourth-order valence-corrected chi connectivity index (χ4v) is 2.14. The number of aromatic amines is 1. The molecule has 1 heterocycles. The van der Waals surface area contributed by atoms with Crippen molar-refractivity contribution < 1.29 is 17.9 Å². The van der Waals surface area contributed by atoms with Crippen LogP contribution in [0, 0.1) is 11.3 Å². The monoisotopic (exact) mass is 341 g/mol. The largest absolute Gasteiger partial charge is 0.484 e. The van der Waals surface area contributed by atoms with Gasteiger partial charge in [0, 0.05) is 5.56 Å². The van der Waals surface area contributed by atoms with Crippen LogP contribution >= 0.6 is 11.8 Å². The molecule has 0 fully saturated rings. The Bertz CT molecular complexity index is 812. The molecule has 0 atom stereocenters. The minimum atomic E-state index is -4.46. The predicted octanol–water partition coefficient (Wildman–Crippen LogP) is 2.97. The molecule has 23 heavy (non-hydrogen) atoms. The van der Waals surface area contributed by atoms with Gasteiger partial charge in [-0.3, -0.25) is 4.79 Å². The molecule has 120 valence electrons. The number of rotatable bonds is 4. The number of hydrogen-bond acceptors (Lipinski definition) is 5. The number of alkyl halides is 3. The van der Waals surface area contributed by atoms with Crippen molar-refractivity contribution in [1.82, 2.24) is 9.97 Å². The van der Waals surface area contributed by atoms with Crippen molar-refractivity contribution in [2.75, 3.05) is 12.9 Å². The van der Waals surface area contributed by atoms with Gasteiger partial charge in [-0.25, -0.2) is 4.98 Å². The predicted molar refractivity (Wildman–Crippen MR) is 78.3 cm³/mol. The molecule has 0 aliphatic heterocycles. The number of halogens is 3. The smallest absolute Gasteiger partial charge is 0.422 e. The quantitative estimate of drug-likeness (QED) is 0.683. The minimum Gasteiger partial charge on any atom is -0.484 e. The highest BCUT2D eigenvalue weighted by Crippen LogP contribution is 2.26. The first-order valence-electron chi connectivity index (χ1n) is 6.22. The van der Waals surface area contributed by atoms with E-state index < -0.39 is 18.3 Å². The van der Waals surface area contributed by atoms with E-state index in [0.717, 1.165) is 0 Å². The van der Waals surface area contributed by atoms with Gasteiger partial charge in [-0.15, -0.1) is 0 Å². The van der Waals surface area contributed by atoms with Gasteiger partial charge < -0.3 is 9.72 Å². The minimum absolute atomic E-state index is 0.0310. The molecule has 2 rings (SSSR count). The molecule has 0 bridgehead atoms. The van der Waals surface area contributed by atoms with Crippen LogP contribution < -0.4 is 10.3 Å².